The highest BCUT2D eigenvalue weighted by molar-refractivity contribution is 6.00. The third-order valence-electron chi connectivity index (χ3n) is 5.66. The third kappa shape index (κ3) is 5.31. The molecule has 0 radical (unpaired) electrons. The van der Waals surface area contributed by atoms with Gasteiger partial charge in [0.1, 0.15) is 17.3 Å². The number of rotatable bonds is 7. The number of ketones is 1. The number of Topliss-reactive ketones (excluding diaryl/α,β-unsaturated/α-hetero) is 1. The SMILES string of the molecule is CC(C)Oc1ccc(F)c(-c2ncc(N)c(C(=O)Cc3cnccc3N3CCC[C@H](N)C3)n2)c1. The zero-order valence-corrected chi connectivity index (χ0v) is 19.4. The number of benzene rings is 1. The van der Waals surface area contributed by atoms with Crippen LogP contribution in [0.25, 0.3) is 11.4 Å². The van der Waals surface area contributed by atoms with Crippen LogP contribution in [0.3, 0.4) is 0 Å². The molecule has 1 atom stereocenters. The van der Waals surface area contributed by atoms with Gasteiger partial charge in [0.15, 0.2) is 11.6 Å². The molecule has 0 saturated carbocycles. The summed E-state index contributed by atoms with van der Waals surface area (Å²) in [5, 5.41) is 0. The lowest BCUT2D eigenvalue weighted by Crippen LogP contribution is -2.43. The number of piperidine rings is 1. The summed E-state index contributed by atoms with van der Waals surface area (Å²) in [6.45, 7) is 5.35. The largest absolute Gasteiger partial charge is 0.491 e. The van der Waals surface area contributed by atoms with Gasteiger partial charge in [-0.05, 0) is 51.0 Å². The van der Waals surface area contributed by atoms with Crippen molar-refractivity contribution in [3.63, 3.8) is 0 Å². The molecule has 2 aromatic heterocycles. The summed E-state index contributed by atoms with van der Waals surface area (Å²) < 4.78 is 20.2. The highest BCUT2D eigenvalue weighted by Crippen LogP contribution is 2.28. The molecule has 9 heteroatoms. The van der Waals surface area contributed by atoms with Crippen LogP contribution in [0.5, 0.6) is 5.75 Å². The molecule has 1 fully saturated rings. The lowest BCUT2D eigenvalue weighted by molar-refractivity contribution is 0.0989. The standard InChI is InChI=1S/C25H29FN6O2/c1-15(2)34-18-5-6-20(26)19(11-18)25-30-13-21(28)24(31-25)23(33)10-16-12-29-8-7-22(16)32-9-3-4-17(27)14-32/h5-8,11-13,15,17H,3-4,9-10,14,27-28H2,1-2H3/t17-/m0/s1. The van der Waals surface area contributed by atoms with Crippen LogP contribution in [-0.2, 0) is 6.42 Å². The fraction of sp³-hybridized carbons (Fsp3) is 0.360. The summed E-state index contributed by atoms with van der Waals surface area (Å²) in [5.41, 5.74) is 14.2. The van der Waals surface area contributed by atoms with E-state index in [9.17, 15) is 9.18 Å². The molecule has 1 saturated heterocycles. The first kappa shape index (κ1) is 23.6. The lowest BCUT2D eigenvalue weighted by Gasteiger charge is -2.33. The smallest absolute Gasteiger partial charge is 0.187 e. The van der Waals surface area contributed by atoms with Crippen molar-refractivity contribution < 1.29 is 13.9 Å². The van der Waals surface area contributed by atoms with Crippen LogP contribution < -0.4 is 21.1 Å². The van der Waals surface area contributed by atoms with Crippen molar-refractivity contribution in [3.8, 4) is 17.1 Å². The molecule has 178 valence electrons. The topological polar surface area (TPSA) is 120 Å². The molecule has 1 aromatic carbocycles. The van der Waals surface area contributed by atoms with Gasteiger partial charge in [-0.2, -0.15) is 0 Å². The Labute approximate surface area is 198 Å². The number of hydrogen-bond acceptors (Lipinski definition) is 8. The van der Waals surface area contributed by atoms with Crippen molar-refractivity contribution in [3.05, 3.63) is 59.9 Å². The van der Waals surface area contributed by atoms with Gasteiger partial charge in [-0.1, -0.05) is 0 Å². The number of nitrogens with zero attached hydrogens (tertiary/aromatic N) is 4. The highest BCUT2D eigenvalue weighted by atomic mass is 19.1. The van der Waals surface area contributed by atoms with E-state index in [1.807, 2.05) is 19.9 Å². The highest BCUT2D eigenvalue weighted by Gasteiger charge is 2.22. The molecule has 0 bridgehead atoms. The molecular weight excluding hydrogens is 435 g/mol. The number of nitrogen functional groups attached to an aromatic ring is 1. The van der Waals surface area contributed by atoms with Crippen molar-refractivity contribution in [2.75, 3.05) is 23.7 Å². The van der Waals surface area contributed by atoms with E-state index in [1.54, 1.807) is 18.5 Å². The average Bonchev–Trinajstić information content (AvgIpc) is 2.81. The van der Waals surface area contributed by atoms with E-state index >= 15 is 0 Å². The zero-order chi connectivity index (χ0) is 24.2. The fourth-order valence-electron chi connectivity index (χ4n) is 4.12. The van der Waals surface area contributed by atoms with Gasteiger partial charge in [0.25, 0.3) is 0 Å². The Morgan fingerprint density at radius 1 is 1.29 bits per heavy atom. The lowest BCUT2D eigenvalue weighted by atomic mass is 10.0. The molecule has 1 aliphatic heterocycles. The van der Waals surface area contributed by atoms with Gasteiger partial charge < -0.3 is 21.1 Å². The van der Waals surface area contributed by atoms with E-state index in [4.69, 9.17) is 16.2 Å². The van der Waals surface area contributed by atoms with Gasteiger partial charge in [0.05, 0.1) is 23.6 Å². The summed E-state index contributed by atoms with van der Waals surface area (Å²) in [5.74, 6) is -0.265. The average molecular weight is 465 g/mol. The number of pyridine rings is 1. The number of hydrogen-bond donors (Lipinski definition) is 2. The van der Waals surface area contributed by atoms with Gasteiger partial charge in [-0.15, -0.1) is 0 Å². The maximum Gasteiger partial charge on any atom is 0.187 e. The van der Waals surface area contributed by atoms with Crippen LogP contribution in [0, 0.1) is 5.82 Å². The van der Waals surface area contributed by atoms with Crippen LogP contribution in [0.15, 0.2) is 42.9 Å². The number of nitrogens with two attached hydrogens (primary N) is 2. The van der Waals surface area contributed by atoms with Crippen molar-refractivity contribution >= 4 is 17.2 Å². The van der Waals surface area contributed by atoms with E-state index in [0.717, 1.165) is 37.2 Å². The Balaban J connectivity index is 1.62. The van der Waals surface area contributed by atoms with Crippen molar-refractivity contribution in [1.82, 2.24) is 15.0 Å². The summed E-state index contributed by atoms with van der Waals surface area (Å²) in [4.78, 5) is 28.1. The second kappa shape index (κ2) is 10.1. The van der Waals surface area contributed by atoms with E-state index in [-0.39, 0.29) is 47.1 Å². The molecule has 0 amide bonds. The molecular formula is C25H29FN6O2. The number of carbonyl (C=O) groups is 1. The van der Waals surface area contributed by atoms with Crippen molar-refractivity contribution in [2.24, 2.45) is 5.73 Å². The maximum absolute atomic E-state index is 14.6. The van der Waals surface area contributed by atoms with Crippen LogP contribution in [0.2, 0.25) is 0 Å². The zero-order valence-electron chi connectivity index (χ0n) is 19.4. The Morgan fingerprint density at radius 2 is 2.12 bits per heavy atom. The van der Waals surface area contributed by atoms with Crippen LogP contribution in [0.4, 0.5) is 15.8 Å². The van der Waals surface area contributed by atoms with E-state index in [1.165, 1.54) is 18.3 Å². The van der Waals surface area contributed by atoms with Gasteiger partial charge in [0.2, 0.25) is 0 Å². The number of halogens is 1. The van der Waals surface area contributed by atoms with Crippen molar-refractivity contribution in [1.29, 1.82) is 0 Å². The Hall–Kier alpha value is -3.59. The molecule has 1 aliphatic rings. The molecule has 8 nitrogen and oxygen atoms in total. The second-order valence-corrected chi connectivity index (χ2v) is 8.76. The maximum atomic E-state index is 14.6. The first-order chi connectivity index (χ1) is 16.3. The molecule has 0 spiro atoms. The van der Waals surface area contributed by atoms with E-state index in [2.05, 4.69) is 19.9 Å². The Bertz CT molecular complexity index is 1190. The number of aromatic nitrogens is 3. The molecule has 0 aliphatic carbocycles. The molecule has 4 rings (SSSR count). The molecule has 3 aromatic rings. The van der Waals surface area contributed by atoms with E-state index in [0.29, 0.717) is 5.75 Å². The Morgan fingerprint density at radius 3 is 2.88 bits per heavy atom. The third-order valence-corrected chi connectivity index (χ3v) is 5.66. The first-order valence-electron chi connectivity index (χ1n) is 11.4. The summed E-state index contributed by atoms with van der Waals surface area (Å²) >= 11 is 0. The Kier molecular flexibility index (Phi) is 7.02. The van der Waals surface area contributed by atoms with E-state index < -0.39 is 5.82 Å². The summed E-state index contributed by atoms with van der Waals surface area (Å²) in [6.07, 6.45) is 6.66. The molecule has 4 N–H and O–H groups in total. The molecule has 34 heavy (non-hydrogen) atoms. The minimum atomic E-state index is -0.518. The molecule has 0 unspecified atom stereocenters. The predicted octanol–water partition coefficient (Wildman–Crippen LogP) is 3.40. The molecule has 3 heterocycles. The monoisotopic (exact) mass is 464 g/mol. The summed E-state index contributed by atoms with van der Waals surface area (Å²) in [7, 11) is 0. The predicted molar refractivity (Wildman–Crippen MR) is 129 cm³/mol. The minimum absolute atomic E-state index is 0.0460. The van der Waals surface area contributed by atoms with Gasteiger partial charge >= 0.3 is 0 Å². The van der Waals surface area contributed by atoms with Gasteiger partial charge in [0, 0.05) is 49.2 Å². The quantitative estimate of drug-likeness (QED) is 0.511. The fourth-order valence-corrected chi connectivity index (χ4v) is 4.12. The van der Waals surface area contributed by atoms with Gasteiger partial charge in [-0.3, -0.25) is 9.78 Å². The normalized spacial score (nSPS) is 16.0. The minimum Gasteiger partial charge on any atom is -0.491 e. The summed E-state index contributed by atoms with van der Waals surface area (Å²) in [6, 6.07) is 6.34. The van der Waals surface area contributed by atoms with Crippen LogP contribution in [-0.4, -0.2) is 46.0 Å². The number of anilines is 2. The van der Waals surface area contributed by atoms with Crippen LogP contribution in [0.1, 0.15) is 42.7 Å². The first-order valence-corrected chi connectivity index (χ1v) is 11.4. The van der Waals surface area contributed by atoms with Crippen molar-refractivity contribution in [2.45, 2.75) is 45.3 Å². The second-order valence-electron chi connectivity index (χ2n) is 8.76. The van der Waals surface area contributed by atoms with Crippen LogP contribution >= 0.6 is 0 Å². The number of carbonyl (C=O) groups excluding carboxylic acids is 1. The number of ether oxygens (including phenoxy) is 1. The van der Waals surface area contributed by atoms with Gasteiger partial charge in [-0.25, -0.2) is 14.4 Å².